The molecule has 2 aliphatic rings. The Bertz CT molecular complexity index is 967. The van der Waals surface area contributed by atoms with Crippen LogP contribution >= 0.6 is 0 Å². The molecule has 5 nitrogen and oxygen atoms in total. The van der Waals surface area contributed by atoms with Gasteiger partial charge < -0.3 is 15.0 Å². The van der Waals surface area contributed by atoms with Gasteiger partial charge in [-0.15, -0.1) is 0 Å². The molecule has 1 aliphatic heterocycles. The summed E-state index contributed by atoms with van der Waals surface area (Å²) in [6.45, 7) is 7.25. The van der Waals surface area contributed by atoms with Gasteiger partial charge in [-0.25, -0.2) is 0 Å². The average molecular weight is 421 g/mol. The molecular formula is C26H32N2O3. The van der Waals surface area contributed by atoms with Crippen molar-refractivity contribution in [3.8, 4) is 5.75 Å². The van der Waals surface area contributed by atoms with E-state index in [0.29, 0.717) is 12.3 Å². The van der Waals surface area contributed by atoms with Crippen molar-refractivity contribution >= 4 is 11.8 Å². The monoisotopic (exact) mass is 420 g/mol. The molecule has 1 N–H and O–H groups in total. The van der Waals surface area contributed by atoms with E-state index in [2.05, 4.69) is 47.5 Å². The summed E-state index contributed by atoms with van der Waals surface area (Å²) in [7, 11) is 0. The molecule has 5 heteroatoms. The number of hydrogen-bond donors (Lipinski definition) is 1. The van der Waals surface area contributed by atoms with E-state index < -0.39 is 6.10 Å². The smallest absolute Gasteiger partial charge is 0.260 e. The summed E-state index contributed by atoms with van der Waals surface area (Å²) in [5.41, 5.74) is 4.64. The highest BCUT2D eigenvalue weighted by molar-refractivity contribution is 5.82. The van der Waals surface area contributed by atoms with Gasteiger partial charge in [0.15, 0.2) is 6.10 Å². The van der Waals surface area contributed by atoms with Crippen LogP contribution in [0.15, 0.2) is 42.5 Å². The normalized spacial score (nSPS) is 18.8. The number of hydrogen-bond acceptors (Lipinski definition) is 3. The fourth-order valence-corrected chi connectivity index (χ4v) is 4.32. The number of rotatable bonds is 7. The number of nitrogens with zero attached hydrogens (tertiary/aromatic N) is 1. The topological polar surface area (TPSA) is 58.6 Å². The number of carbonyl (C=O) groups is 2. The molecule has 2 atom stereocenters. The quantitative estimate of drug-likeness (QED) is 0.731. The van der Waals surface area contributed by atoms with Gasteiger partial charge in [-0.05, 0) is 68.4 Å². The molecule has 2 aromatic carbocycles. The number of carbonyl (C=O) groups excluding carboxylic acids is 2. The van der Waals surface area contributed by atoms with Crippen LogP contribution in [0.1, 0.15) is 61.4 Å². The minimum absolute atomic E-state index is 0.111. The van der Waals surface area contributed by atoms with Crippen LogP contribution < -0.4 is 10.1 Å². The maximum atomic E-state index is 13.1. The number of benzene rings is 2. The van der Waals surface area contributed by atoms with Crippen LogP contribution in [0, 0.1) is 12.8 Å². The van der Waals surface area contributed by atoms with Crippen LogP contribution in [-0.2, 0) is 16.0 Å². The molecule has 2 amide bonds. The lowest BCUT2D eigenvalue weighted by molar-refractivity contribution is -0.134. The van der Waals surface area contributed by atoms with Crippen molar-refractivity contribution in [3.05, 3.63) is 64.7 Å². The van der Waals surface area contributed by atoms with Gasteiger partial charge in [-0.1, -0.05) is 42.8 Å². The highest BCUT2D eigenvalue weighted by Crippen LogP contribution is 2.41. The summed E-state index contributed by atoms with van der Waals surface area (Å²) in [4.78, 5) is 27.4. The minimum Gasteiger partial charge on any atom is -0.481 e. The molecule has 1 heterocycles. The van der Waals surface area contributed by atoms with Gasteiger partial charge in [0.25, 0.3) is 5.91 Å². The van der Waals surface area contributed by atoms with E-state index in [1.807, 2.05) is 19.1 Å². The van der Waals surface area contributed by atoms with Gasteiger partial charge in [-0.3, -0.25) is 9.59 Å². The van der Waals surface area contributed by atoms with Crippen LogP contribution in [0.2, 0.25) is 0 Å². The van der Waals surface area contributed by atoms with Gasteiger partial charge in [-0.2, -0.15) is 0 Å². The Balaban J connectivity index is 1.66. The molecule has 0 unspecified atom stereocenters. The molecule has 31 heavy (non-hydrogen) atoms. The molecule has 0 spiro atoms. The number of ether oxygens (including phenoxy) is 1. The summed E-state index contributed by atoms with van der Waals surface area (Å²) in [5.74, 6) is 0.989. The Morgan fingerprint density at radius 1 is 1.19 bits per heavy atom. The molecule has 164 valence electrons. The summed E-state index contributed by atoms with van der Waals surface area (Å²) in [6.07, 6.45) is 3.14. The van der Waals surface area contributed by atoms with E-state index in [9.17, 15) is 9.59 Å². The summed E-state index contributed by atoms with van der Waals surface area (Å²) in [5, 5.41) is 2.88. The Hall–Kier alpha value is -2.82. The van der Waals surface area contributed by atoms with Gasteiger partial charge in [0, 0.05) is 19.0 Å². The predicted molar refractivity (Wildman–Crippen MR) is 121 cm³/mol. The van der Waals surface area contributed by atoms with Crippen molar-refractivity contribution < 1.29 is 14.3 Å². The maximum absolute atomic E-state index is 13.1. The Labute approximate surface area is 184 Å². The predicted octanol–water partition coefficient (Wildman–Crippen LogP) is 4.17. The molecule has 1 aliphatic carbocycles. The van der Waals surface area contributed by atoms with E-state index in [-0.39, 0.29) is 23.8 Å². The second-order valence-electron chi connectivity index (χ2n) is 8.78. The van der Waals surface area contributed by atoms with E-state index in [1.54, 1.807) is 6.92 Å². The van der Waals surface area contributed by atoms with Crippen molar-refractivity contribution in [2.75, 3.05) is 13.1 Å². The largest absolute Gasteiger partial charge is 0.481 e. The number of fused-ring (bicyclic) bond motifs is 1. The van der Waals surface area contributed by atoms with Crippen molar-refractivity contribution in [2.24, 2.45) is 5.92 Å². The minimum atomic E-state index is -0.574. The Morgan fingerprint density at radius 2 is 2.00 bits per heavy atom. The highest BCUT2D eigenvalue weighted by Gasteiger charge is 2.39. The zero-order chi connectivity index (χ0) is 22.0. The van der Waals surface area contributed by atoms with Crippen molar-refractivity contribution in [1.29, 1.82) is 0 Å². The summed E-state index contributed by atoms with van der Waals surface area (Å²) in [6, 6.07) is 14.3. The second kappa shape index (κ2) is 9.13. The Kier molecular flexibility index (Phi) is 6.30. The fraction of sp³-hybridized carbons (Fsp3) is 0.462. The van der Waals surface area contributed by atoms with Gasteiger partial charge in [0.05, 0.1) is 6.04 Å². The van der Waals surface area contributed by atoms with Crippen LogP contribution in [0.5, 0.6) is 5.75 Å². The number of amides is 2. The lowest BCUT2D eigenvalue weighted by Crippen LogP contribution is -2.41. The average Bonchev–Trinajstić information content (AvgIpc) is 3.61. The molecule has 0 aromatic heterocycles. The van der Waals surface area contributed by atoms with Crippen molar-refractivity contribution in [1.82, 2.24) is 10.2 Å². The van der Waals surface area contributed by atoms with Crippen LogP contribution in [0.25, 0.3) is 0 Å². The van der Waals surface area contributed by atoms with Crippen LogP contribution in [0.4, 0.5) is 0 Å². The fourth-order valence-electron chi connectivity index (χ4n) is 4.32. The molecule has 0 saturated heterocycles. The third kappa shape index (κ3) is 4.76. The summed E-state index contributed by atoms with van der Waals surface area (Å²) >= 11 is 0. The SMILES string of the molecule is CCCNC(=O)[C@@H](C)Oc1ccc2c(c1)[C@@H](c1cccc(C)c1)N(C(=O)C1CC1)CC2. The molecule has 0 bridgehead atoms. The summed E-state index contributed by atoms with van der Waals surface area (Å²) < 4.78 is 5.99. The van der Waals surface area contributed by atoms with Gasteiger partial charge >= 0.3 is 0 Å². The number of nitrogens with one attached hydrogen (secondary N) is 1. The lowest BCUT2D eigenvalue weighted by atomic mass is 9.87. The molecule has 1 fully saturated rings. The number of aryl methyl sites for hydroxylation is 1. The van der Waals surface area contributed by atoms with Gasteiger partial charge in [0.2, 0.25) is 5.91 Å². The molecule has 2 aromatic rings. The van der Waals surface area contributed by atoms with E-state index >= 15 is 0 Å². The first-order valence-electron chi connectivity index (χ1n) is 11.4. The zero-order valence-electron chi connectivity index (χ0n) is 18.7. The first-order chi connectivity index (χ1) is 15.0. The van der Waals surface area contributed by atoms with Crippen LogP contribution in [0.3, 0.4) is 0 Å². The standard InChI is InChI=1S/C26H32N2O3/c1-4-13-27-25(29)18(3)31-22-11-10-19-12-14-28(26(30)20-8-9-20)24(23(19)16-22)21-7-5-6-17(2)15-21/h5-7,10-11,15-16,18,20,24H,4,8-9,12-14H2,1-3H3,(H,27,29)/t18-,24-/m1/s1. The van der Waals surface area contributed by atoms with Crippen molar-refractivity contribution in [2.45, 2.75) is 58.6 Å². The maximum Gasteiger partial charge on any atom is 0.260 e. The van der Waals surface area contributed by atoms with Crippen LogP contribution in [-0.4, -0.2) is 35.9 Å². The first-order valence-corrected chi connectivity index (χ1v) is 11.4. The lowest BCUT2D eigenvalue weighted by Gasteiger charge is -2.38. The molecule has 1 saturated carbocycles. The third-order valence-electron chi connectivity index (χ3n) is 6.14. The molecule has 0 radical (unpaired) electrons. The first kappa shape index (κ1) is 21.4. The zero-order valence-corrected chi connectivity index (χ0v) is 18.7. The second-order valence-corrected chi connectivity index (χ2v) is 8.78. The van der Waals surface area contributed by atoms with E-state index in [0.717, 1.165) is 43.4 Å². The molecular weight excluding hydrogens is 388 g/mol. The molecule has 4 rings (SSSR count). The van der Waals surface area contributed by atoms with Gasteiger partial charge in [0.1, 0.15) is 5.75 Å². The highest BCUT2D eigenvalue weighted by atomic mass is 16.5. The van der Waals surface area contributed by atoms with Crippen molar-refractivity contribution in [3.63, 3.8) is 0 Å². The Morgan fingerprint density at radius 3 is 2.71 bits per heavy atom. The van der Waals surface area contributed by atoms with E-state index in [1.165, 1.54) is 11.1 Å². The van der Waals surface area contributed by atoms with E-state index in [4.69, 9.17) is 4.74 Å². The third-order valence-corrected chi connectivity index (χ3v) is 6.14.